The maximum Gasteiger partial charge on any atom is 0.311 e. The summed E-state index contributed by atoms with van der Waals surface area (Å²) in [4.78, 5) is 12.0. The van der Waals surface area contributed by atoms with Crippen LogP contribution < -0.4 is 0 Å². The van der Waals surface area contributed by atoms with Gasteiger partial charge in [0.1, 0.15) is 0 Å². The fraction of sp³-hybridized carbons (Fsp3) is 0.409. The Balaban J connectivity index is 2.07. The lowest BCUT2D eigenvalue weighted by atomic mass is 9.62. The van der Waals surface area contributed by atoms with Crippen LogP contribution in [0.2, 0.25) is 13.1 Å². The second kappa shape index (κ2) is 10.9. The van der Waals surface area contributed by atoms with Gasteiger partial charge in [-0.05, 0) is 48.7 Å². The van der Waals surface area contributed by atoms with E-state index in [9.17, 15) is 14.9 Å². The molecule has 0 saturated heterocycles. The summed E-state index contributed by atoms with van der Waals surface area (Å²) >= 11 is 0. The second-order valence-corrected chi connectivity index (χ2v) is 7.09. The molecule has 27 heavy (non-hydrogen) atoms. The number of hydrogen-bond donors (Lipinski definition) is 2. The molecule has 0 radical (unpaired) electrons. The largest absolute Gasteiger partial charge is 0.466 e. The Morgan fingerprint density at radius 3 is 2.26 bits per heavy atom. The standard InChI is InChI=1S/C22H29BO4/c1-3-27-22(25)21(16-24)14-18(15-23(2)26)13-17-9-11-20(12-10-17)19-7-5-4-6-8-19/h4-12,18,21,24,26H,3,13-16H2,1-2H3/t18-,21+/m1/s1. The van der Waals surface area contributed by atoms with Gasteiger partial charge in [0.2, 0.25) is 0 Å². The van der Waals surface area contributed by atoms with Crippen LogP contribution in [0.15, 0.2) is 54.6 Å². The highest BCUT2D eigenvalue weighted by Gasteiger charge is 2.25. The first-order valence-electron chi connectivity index (χ1n) is 9.63. The van der Waals surface area contributed by atoms with E-state index in [-0.39, 0.29) is 18.5 Å². The van der Waals surface area contributed by atoms with Crippen molar-refractivity contribution in [1.29, 1.82) is 0 Å². The molecule has 0 aliphatic carbocycles. The Kier molecular flexibility index (Phi) is 8.56. The summed E-state index contributed by atoms with van der Waals surface area (Å²) < 4.78 is 5.05. The molecule has 2 atom stereocenters. The summed E-state index contributed by atoms with van der Waals surface area (Å²) in [5, 5.41) is 19.4. The first kappa shape index (κ1) is 21.2. The Morgan fingerprint density at radius 2 is 1.70 bits per heavy atom. The summed E-state index contributed by atoms with van der Waals surface area (Å²) in [7, 11) is 0. The third kappa shape index (κ3) is 6.85. The number of hydrogen-bond acceptors (Lipinski definition) is 4. The van der Waals surface area contributed by atoms with Gasteiger partial charge in [-0.15, -0.1) is 0 Å². The SMILES string of the molecule is CCOC(=O)[C@H](CO)C[C@H](CB(C)O)Cc1ccc(-c2ccccc2)cc1. The van der Waals surface area contributed by atoms with Gasteiger partial charge in [0.05, 0.1) is 19.1 Å². The molecule has 2 N–H and O–H groups in total. The van der Waals surface area contributed by atoms with E-state index in [4.69, 9.17) is 4.74 Å². The number of aliphatic hydroxyl groups excluding tert-OH is 1. The number of carbonyl (C=O) groups excluding carboxylic acids is 1. The topological polar surface area (TPSA) is 66.8 Å². The molecule has 0 unspecified atom stereocenters. The molecule has 2 rings (SSSR count). The fourth-order valence-corrected chi connectivity index (χ4v) is 3.45. The number of aliphatic hydroxyl groups is 1. The summed E-state index contributed by atoms with van der Waals surface area (Å²) in [6.07, 6.45) is 1.83. The number of esters is 1. The molecule has 5 heteroatoms. The van der Waals surface area contributed by atoms with E-state index in [0.717, 1.165) is 17.5 Å². The van der Waals surface area contributed by atoms with E-state index < -0.39 is 12.8 Å². The van der Waals surface area contributed by atoms with Crippen molar-refractivity contribution < 1.29 is 19.7 Å². The lowest BCUT2D eigenvalue weighted by Crippen LogP contribution is -2.26. The van der Waals surface area contributed by atoms with Crippen LogP contribution in [0.1, 0.15) is 18.9 Å². The van der Waals surface area contributed by atoms with E-state index in [2.05, 4.69) is 36.4 Å². The lowest BCUT2D eigenvalue weighted by molar-refractivity contribution is -0.150. The van der Waals surface area contributed by atoms with E-state index in [1.54, 1.807) is 13.7 Å². The van der Waals surface area contributed by atoms with Crippen molar-refractivity contribution in [3.05, 3.63) is 60.2 Å². The molecule has 0 aromatic heterocycles. The summed E-state index contributed by atoms with van der Waals surface area (Å²) in [5.74, 6) is -0.818. The van der Waals surface area contributed by atoms with E-state index >= 15 is 0 Å². The number of carbonyl (C=O) groups is 1. The van der Waals surface area contributed by atoms with Crippen LogP contribution in [0.3, 0.4) is 0 Å². The van der Waals surface area contributed by atoms with Crippen molar-refractivity contribution in [3.63, 3.8) is 0 Å². The predicted molar refractivity (Wildman–Crippen MR) is 110 cm³/mol. The van der Waals surface area contributed by atoms with Gasteiger partial charge in [-0.3, -0.25) is 4.79 Å². The Morgan fingerprint density at radius 1 is 1.07 bits per heavy atom. The van der Waals surface area contributed by atoms with Crippen LogP contribution in [-0.4, -0.2) is 36.2 Å². The van der Waals surface area contributed by atoms with Gasteiger partial charge >= 0.3 is 5.97 Å². The third-order valence-electron chi connectivity index (χ3n) is 4.72. The summed E-state index contributed by atoms with van der Waals surface area (Å²) in [5.41, 5.74) is 3.49. The van der Waals surface area contributed by atoms with Crippen molar-refractivity contribution in [2.45, 2.75) is 32.9 Å². The zero-order valence-electron chi connectivity index (χ0n) is 16.2. The highest BCUT2D eigenvalue weighted by atomic mass is 16.5. The normalized spacial score (nSPS) is 13.0. The number of benzene rings is 2. The molecule has 2 aromatic carbocycles. The van der Waals surface area contributed by atoms with Crippen LogP contribution in [0, 0.1) is 11.8 Å². The Hall–Kier alpha value is -2.11. The minimum absolute atomic E-state index is 0.0918. The highest BCUT2D eigenvalue weighted by molar-refractivity contribution is 6.48. The van der Waals surface area contributed by atoms with Gasteiger partial charge in [0.25, 0.3) is 6.92 Å². The van der Waals surface area contributed by atoms with E-state index in [1.807, 2.05) is 18.2 Å². The van der Waals surface area contributed by atoms with E-state index in [0.29, 0.717) is 19.3 Å². The van der Waals surface area contributed by atoms with Crippen LogP contribution in [0.5, 0.6) is 0 Å². The Bertz CT molecular complexity index is 685. The monoisotopic (exact) mass is 368 g/mol. The molecular formula is C22H29BO4. The van der Waals surface area contributed by atoms with Gasteiger partial charge in [0, 0.05) is 0 Å². The van der Waals surface area contributed by atoms with Gasteiger partial charge in [-0.1, -0.05) is 61.4 Å². The average molecular weight is 368 g/mol. The van der Waals surface area contributed by atoms with Gasteiger partial charge in [-0.25, -0.2) is 0 Å². The van der Waals surface area contributed by atoms with E-state index in [1.165, 1.54) is 5.56 Å². The van der Waals surface area contributed by atoms with Crippen LogP contribution >= 0.6 is 0 Å². The average Bonchev–Trinajstić information content (AvgIpc) is 2.67. The second-order valence-electron chi connectivity index (χ2n) is 7.09. The molecular weight excluding hydrogens is 339 g/mol. The minimum atomic E-state index is -0.544. The van der Waals surface area contributed by atoms with Crippen molar-refractivity contribution in [2.75, 3.05) is 13.2 Å². The molecule has 0 aliphatic heterocycles. The highest BCUT2D eigenvalue weighted by Crippen LogP contribution is 2.25. The minimum Gasteiger partial charge on any atom is -0.466 e. The van der Waals surface area contributed by atoms with Crippen molar-refractivity contribution in [2.24, 2.45) is 11.8 Å². The quantitative estimate of drug-likeness (QED) is 0.496. The first-order valence-corrected chi connectivity index (χ1v) is 9.63. The summed E-state index contributed by atoms with van der Waals surface area (Å²) in [6.45, 7) is 3.12. The fourth-order valence-electron chi connectivity index (χ4n) is 3.45. The van der Waals surface area contributed by atoms with Crippen LogP contribution in [0.25, 0.3) is 11.1 Å². The van der Waals surface area contributed by atoms with Crippen LogP contribution in [0.4, 0.5) is 0 Å². The molecule has 0 saturated carbocycles. The van der Waals surface area contributed by atoms with Crippen molar-refractivity contribution in [1.82, 2.24) is 0 Å². The van der Waals surface area contributed by atoms with Crippen molar-refractivity contribution in [3.8, 4) is 11.1 Å². The molecule has 144 valence electrons. The number of ether oxygens (including phenoxy) is 1. The molecule has 4 nitrogen and oxygen atoms in total. The molecule has 2 aromatic rings. The van der Waals surface area contributed by atoms with Crippen molar-refractivity contribution >= 4 is 12.9 Å². The predicted octanol–water partition coefficient (Wildman–Crippen LogP) is 3.69. The maximum absolute atomic E-state index is 12.0. The maximum atomic E-state index is 12.0. The molecule has 0 spiro atoms. The zero-order valence-corrected chi connectivity index (χ0v) is 16.2. The summed E-state index contributed by atoms with van der Waals surface area (Å²) in [6, 6.07) is 18.6. The zero-order chi connectivity index (χ0) is 19.6. The lowest BCUT2D eigenvalue weighted by Gasteiger charge is -2.22. The molecule has 0 aliphatic rings. The first-order chi connectivity index (χ1) is 13.0. The van der Waals surface area contributed by atoms with Crippen LogP contribution in [-0.2, 0) is 16.0 Å². The molecule has 0 fully saturated rings. The molecule has 0 bridgehead atoms. The van der Waals surface area contributed by atoms with Gasteiger partial charge in [-0.2, -0.15) is 0 Å². The molecule has 0 amide bonds. The van der Waals surface area contributed by atoms with Gasteiger partial charge in [0.15, 0.2) is 0 Å². The third-order valence-corrected chi connectivity index (χ3v) is 4.72. The smallest absolute Gasteiger partial charge is 0.311 e. The molecule has 0 heterocycles. The van der Waals surface area contributed by atoms with Gasteiger partial charge < -0.3 is 14.9 Å². The number of rotatable bonds is 10. The Labute approximate surface area is 162 Å².